The SMILES string of the molecule is CCCC(NC(=O)Cc1ccc(OC)c(OC)c1)C(N)=S. The highest BCUT2D eigenvalue weighted by Crippen LogP contribution is 2.27. The van der Waals surface area contributed by atoms with Gasteiger partial charge in [-0.05, 0) is 24.1 Å². The maximum atomic E-state index is 12.1. The number of carbonyl (C=O) groups is 1. The summed E-state index contributed by atoms with van der Waals surface area (Å²) in [6.45, 7) is 2.02. The molecule has 1 amide bonds. The number of methoxy groups -OCH3 is 2. The lowest BCUT2D eigenvalue weighted by Gasteiger charge is -2.17. The summed E-state index contributed by atoms with van der Waals surface area (Å²) in [6, 6.07) is 5.14. The number of thiocarbonyl (C=S) groups is 1. The molecule has 1 rings (SSSR count). The maximum Gasteiger partial charge on any atom is 0.224 e. The second-order valence-corrected chi connectivity index (χ2v) is 5.15. The second-order valence-electron chi connectivity index (χ2n) is 4.68. The topological polar surface area (TPSA) is 73.6 Å². The van der Waals surface area contributed by atoms with Crippen molar-refractivity contribution in [2.45, 2.75) is 32.2 Å². The van der Waals surface area contributed by atoms with Gasteiger partial charge in [0, 0.05) is 0 Å². The Morgan fingerprint density at radius 1 is 1.33 bits per heavy atom. The van der Waals surface area contributed by atoms with E-state index in [9.17, 15) is 4.79 Å². The Labute approximate surface area is 130 Å². The van der Waals surface area contributed by atoms with Crippen LogP contribution in [0.25, 0.3) is 0 Å². The fraction of sp³-hybridized carbons (Fsp3) is 0.467. The van der Waals surface area contributed by atoms with Crippen molar-refractivity contribution in [3.63, 3.8) is 0 Å². The Kier molecular flexibility index (Phi) is 6.94. The fourth-order valence-electron chi connectivity index (χ4n) is 2.00. The van der Waals surface area contributed by atoms with E-state index in [1.54, 1.807) is 26.4 Å². The summed E-state index contributed by atoms with van der Waals surface area (Å²) in [4.78, 5) is 12.4. The lowest BCUT2D eigenvalue weighted by molar-refractivity contribution is -0.120. The van der Waals surface area contributed by atoms with E-state index in [0.29, 0.717) is 16.5 Å². The number of amides is 1. The molecule has 0 aromatic heterocycles. The smallest absolute Gasteiger partial charge is 0.224 e. The highest BCUT2D eigenvalue weighted by Gasteiger charge is 2.15. The molecule has 0 spiro atoms. The van der Waals surface area contributed by atoms with Crippen molar-refractivity contribution < 1.29 is 14.3 Å². The van der Waals surface area contributed by atoms with Crippen molar-refractivity contribution >= 4 is 23.1 Å². The Hall–Kier alpha value is -1.82. The summed E-state index contributed by atoms with van der Waals surface area (Å²) < 4.78 is 10.4. The van der Waals surface area contributed by atoms with Crippen LogP contribution in [-0.2, 0) is 11.2 Å². The van der Waals surface area contributed by atoms with Gasteiger partial charge in [-0.15, -0.1) is 0 Å². The molecule has 0 aliphatic heterocycles. The van der Waals surface area contributed by atoms with E-state index in [0.717, 1.165) is 18.4 Å². The van der Waals surface area contributed by atoms with Crippen molar-refractivity contribution in [3.8, 4) is 11.5 Å². The minimum atomic E-state index is -0.252. The molecule has 116 valence electrons. The van der Waals surface area contributed by atoms with Crippen LogP contribution in [0.3, 0.4) is 0 Å². The van der Waals surface area contributed by atoms with Gasteiger partial charge in [-0.2, -0.15) is 0 Å². The summed E-state index contributed by atoms with van der Waals surface area (Å²) in [5.41, 5.74) is 6.46. The largest absolute Gasteiger partial charge is 0.493 e. The van der Waals surface area contributed by atoms with Crippen molar-refractivity contribution in [2.75, 3.05) is 14.2 Å². The van der Waals surface area contributed by atoms with E-state index in [4.69, 9.17) is 27.4 Å². The fourth-order valence-corrected chi connectivity index (χ4v) is 2.17. The van der Waals surface area contributed by atoms with Crippen molar-refractivity contribution in [1.82, 2.24) is 5.32 Å². The van der Waals surface area contributed by atoms with Crippen molar-refractivity contribution in [1.29, 1.82) is 0 Å². The molecular formula is C15H22N2O3S. The van der Waals surface area contributed by atoms with E-state index in [-0.39, 0.29) is 18.4 Å². The van der Waals surface area contributed by atoms with Crippen LogP contribution in [0.4, 0.5) is 0 Å². The van der Waals surface area contributed by atoms with Crippen LogP contribution in [-0.4, -0.2) is 31.2 Å². The van der Waals surface area contributed by atoms with Gasteiger partial charge in [0.1, 0.15) is 0 Å². The molecule has 0 fully saturated rings. The molecular weight excluding hydrogens is 288 g/mol. The van der Waals surface area contributed by atoms with Crippen LogP contribution >= 0.6 is 12.2 Å². The number of ether oxygens (including phenoxy) is 2. The van der Waals surface area contributed by atoms with Gasteiger partial charge in [0.2, 0.25) is 5.91 Å². The average Bonchev–Trinajstić information content (AvgIpc) is 2.46. The molecule has 0 radical (unpaired) electrons. The van der Waals surface area contributed by atoms with Crippen molar-refractivity contribution in [3.05, 3.63) is 23.8 Å². The quantitative estimate of drug-likeness (QED) is 0.717. The first-order valence-electron chi connectivity index (χ1n) is 6.81. The molecule has 0 aliphatic carbocycles. The highest BCUT2D eigenvalue weighted by molar-refractivity contribution is 7.80. The zero-order valence-corrected chi connectivity index (χ0v) is 13.5. The van der Waals surface area contributed by atoms with Gasteiger partial charge < -0.3 is 20.5 Å². The van der Waals surface area contributed by atoms with Gasteiger partial charge in [-0.25, -0.2) is 0 Å². The van der Waals surface area contributed by atoms with Crippen molar-refractivity contribution in [2.24, 2.45) is 5.73 Å². The summed E-state index contributed by atoms with van der Waals surface area (Å²) >= 11 is 4.96. The van der Waals surface area contributed by atoms with Crippen LogP contribution in [0.1, 0.15) is 25.3 Å². The average molecular weight is 310 g/mol. The van der Waals surface area contributed by atoms with Gasteiger partial charge in [0.15, 0.2) is 11.5 Å². The van der Waals surface area contributed by atoms with E-state index >= 15 is 0 Å². The predicted molar refractivity (Wildman–Crippen MR) is 86.9 cm³/mol. The number of benzene rings is 1. The molecule has 1 atom stereocenters. The lowest BCUT2D eigenvalue weighted by atomic mass is 10.1. The number of nitrogens with one attached hydrogen (secondary N) is 1. The van der Waals surface area contributed by atoms with E-state index in [1.165, 1.54) is 0 Å². The molecule has 0 bridgehead atoms. The molecule has 1 aromatic rings. The molecule has 0 aliphatic rings. The molecule has 0 saturated carbocycles. The van der Waals surface area contributed by atoms with Gasteiger partial charge in [-0.1, -0.05) is 31.6 Å². The third-order valence-electron chi connectivity index (χ3n) is 3.07. The molecule has 1 aromatic carbocycles. The standard InChI is InChI=1S/C15H22N2O3S/c1-4-5-11(15(16)21)17-14(18)9-10-6-7-12(19-2)13(8-10)20-3/h6-8,11H,4-5,9H2,1-3H3,(H2,16,21)(H,17,18). The zero-order chi connectivity index (χ0) is 15.8. The Balaban J connectivity index is 2.72. The van der Waals surface area contributed by atoms with Gasteiger partial charge in [-0.3, -0.25) is 4.79 Å². The Bertz CT molecular complexity index is 506. The number of rotatable bonds is 8. The van der Waals surface area contributed by atoms with Crippen LogP contribution in [0.15, 0.2) is 18.2 Å². The second kappa shape index (κ2) is 8.46. The van der Waals surface area contributed by atoms with Crippen LogP contribution in [0.2, 0.25) is 0 Å². The van der Waals surface area contributed by atoms with Crippen LogP contribution in [0, 0.1) is 0 Å². The molecule has 0 heterocycles. The molecule has 21 heavy (non-hydrogen) atoms. The highest BCUT2D eigenvalue weighted by atomic mass is 32.1. The summed E-state index contributed by atoms with van der Waals surface area (Å²) in [7, 11) is 3.13. The predicted octanol–water partition coefficient (Wildman–Crippen LogP) is 1.82. The van der Waals surface area contributed by atoms with Gasteiger partial charge in [0.05, 0.1) is 31.7 Å². The Morgan fingerprint density at radius 3 is 2.52 bits per heavy atom. The molecule has 0 saturated heterocycles. The molecule has 3 N–H and O–H groups in total. The number of nitrogens with two attached hydrogens (primary N) is 1. The summed E-state index contributed by atoms with van der Waals surface area (Å²) in [5, 5.41) is 2.85. The van der Waals surface area contributed by atoms with Gasteiger partial charge >= 0.3 is 0 Å². The molecule has 5 nitrogen and oxygen atoms in total. The normalized spacial score (nSPS) is 11.6. The molecule has 1 unspecified atom stereocenters. The maximum absolute atomic E-state index is 12.1. The van der Waals surface area contributed by atoms with Crippen LogP contribution in [0.5, 0.6) is 11.5 Å². The minimum Gasteiger partial charge on any atom is -0.493 e. The minimum absolute atomic E-state index is 0.117. The first kappa shape index (κ1) is 17.2. The Morgan fingerprint density at radius 2 is 2.00 bits per heavy atom. The first-order valence-corrected chi connectivity index (χ1v) is 7.22. The first-order chi connectivity index (χ1) is 10.0. The summed E-state index contributed by atoms with van der Waals surface area (Å²) in [5.74, 6) is 1.12. The lowest BCUT2D eigenvalue weighted by Crippen LogP contribution is -2.43. The van der Waals surface area contributed by atoms with E-state index in [2.05, 4.69) is 5.32 Å². The van der Waals surface area contributed by atoms with E-state index < -0.39 is 0 Å². The van der Waals surface area contributed by atoms with Crippen LogP contribution < -0.4 is 20.5 Å². The monoisotopic (exact) mass is 310 g/mol. The number of hydrogen-bond acceptors (Lipinski definition) is 4. The third kappa shape index (κ3) is 5.23. The van der Waals surface area contributed by atoms with Gasteiger partial charge in [0.25, 0.3) is 0 Å². The number of hydrogen-bond donors (Lipinski definition) is 2. The summed E-state index contributed by atoms with van der Waals surface area (Å²) in [6.07, 6.45) is 1.88. The number of carbonyl (C=O) groups excluding carboxylic acids is 1. The molecule has 6 heteroatoms. The zero-order valence-electron chi connectivity index (χ0n) is 12.6. The third-order valence-corrected chi connectivity index (χ3v) is 3.35. The van der Waals surface area contributed by atoms with E-state index in [1.807, 2.05) is 13.0 Å².